The van der Waals surface area contributed by atoms with Crippen LogP contribution in [0.15, 0.2) is 30.3 Å². The second-order valence-corrected chi connectivity index (χ2v) is 8.94. The van der Waals surface area contributed by atoms with Crippen LogP contribution in [0, 0.1) is 0 Å². The first-order valence-corrected chi connectivity index (χ1v) is 12.8. The number of rotatable bonds is 14. The van der Waals surface area contributed by atoms with E-state index in [0.29, 0.717) is 12.1 Å². The van der Waals surface area contributed by atoms with Crippen molar-refractivity contribution < 1.29 is 24.6 Å². The summed E-state index contributed by atoms with van der Waals surface area (Å²) in [6, 6.07) is 7.10. The Kier molecular flexibility index (Phi) is 15.9. The smallest absolute Gasteiger partial charge is 0.314 e. The topological polar surface area (TPSA) is 133 Å². The highest BCUT2D eigenvalue weighted by Crippen LogP contribution is 2.15. The molecule has 1 unspecified atom stereocenters. The first kappa shape index (κ1) is 30.2. The van der Waals surface area contributed by atoms with E-state index in [1.165, 1.54) is 25.7 Å². The number of nitrogens with two attached hydrogens (primary N) is 1. The summed E-state index contributed by atoms with van der Waals surface area (Å²) >= 11 is 0. The van der Waals surface area contributed by atoms with Crippen molar-refractivity contribution in [1.29, 1.82) is 0 Å². The van der Waals surface area contributed by atoms with E-state index >= 15 is 0 Å². The summed E-state index contributed by atoms with van der Waals surface area (Å²) in [5.74, 6) is -1.09. The Balaban J connectivity index is 0.000000642. The van der Waals surface area contributed by atoms with Crippen LogP contribution in [-0.4, -0.2) is 52.2 Å². The maximum Gasteiger partial charge on any atom is 0.314 e. The number of nitrogens with one attached hydrogen (secondary N) is 1. The zero-order chi connectivity index (χ0) is 25.9. The molecule has 1 aliphatic heterocycles. The molecule has 8 nitrogen and oxygen atoms in total. The standard InChI is InChI=1S/C22H33NO4.C5H10N2O/c1-2-3-4-5-6-7-12-20(24)16-15-18-10-8-11-19(17-18)23-21(25)13-9-14-22(26)27;6-5(8)7-3-1-2-4-7/h8,10-11,15-17,20,24H,2-7,9,12-14H2,1H3,(H,23,25)(H,26,27);1-4H2,(H2,6,8)/b16-15+;. The molecule has 0 aromatic heterocycles. The SMILES string of the molecule is CCCCCCCCC(O)/C=C/c1cccc(NC(=O)CCCC(=O)O)c1.NC(=O)N1CCCC1. The molecular formula is C27H43N3O5. The van der Waals surface area contributed by atoms with E-state index in [1.54, 1.807) is 17.0 Å². The van der Waals surface area contributed by atoms with Crippen molar-refractivity contribution >= 4 is 29.7 Å². The third-order valence-electron chi connectivity index (χ3n) is 5.75. The van der Waals surface area contributed by atoms with Gasteiger partial charge in [-0.05, 0) is 43.4 Å². The molecule has 35 heavy (non-hydrogen) atoms. The average Bonchev–Trinajstić information content (AvgIpc) is 3.36. The van der Waals surface area contributed by atoms with Crippen LogP contribution in [0.2, 0.25) is 0 Å². The van der Waals surface area contributed by atoms with Gasteiger partial charge in [-0.3, -0.25) is 9.59 Å². The molecule has 1 heterocycles. The van der Waals surface area contributed by atoms with E-state index < -0.39 is 12.1 Å². The highest BCUT2D eigenvalue weighted by atomic mass is 16.4. The number of likely N-dealkylation sites (tertiary alicyclic amines) is 1. The van der Waals surface area contributed by atoms with Gasteiger partial charge < -0.3 is 26.2 Å². The molecule has 8 heteroatoms. The molecule has 0 bridgehead atoms. The van der Waals surface area contributed by atoms with E-state index in [2.05, 4.69) is 12.2 Å². The quantitative estimate of drug-likeness (QED) is 0.268. The van der Waals surface area contributed by atoms with Gasteiger partial charge in [-0.25, -0.2) is 4.79 Å². The van der Waals surface area contributed by atoms with Gasteiger partial charge in [0.05, 0.1) is 6.10 Å². The van der Waals surface area contributed by atoms with Crippen LogP contribution in [0.4, 0.5) is 10.5 Å². The average molecular weight is 490 g/mol. The Hall–Kier alpha value is -2.87. The lowest BCUT2D eigenvalue weighted by Crippen LogP contribution is -2.32. The van der Waals surface area contributed by atoms with E-state index in [1.807, 2.05) is 24.3 Å². The van der Waals surface area contributed by atoms with E-state index in [-0.39, 0.29) is 24.8 Å². The van der Waals surface area contributed by atoms with Crippen LogP contribution in [0.3, 0.4) is 0 Å². The van der Waals surface area contributed by atoms with Gasteiger partial charge in [0, 0.05) is 31.6 Å². The van der Waals surface area contributed by atoms with Crippen molar-refractivity contribution in [2.45, 2.75) is 90.1 Å². The van der Waals surface area contributed by atoms with E-state index in [4.69, 9.17) is 10.8 Å². The lowest BCUT2D eigenvalue weighted by Gasteiger charge is -2.09. The van der Waals surface area contributed by atoms with Crippen molar-refractivity contribution in [2.24, 2.45) is 5.73 Å². The molecule has 1 saturated heterocycles. The van der Waals surface area contributed by atoms with Gasteiger partial charge in [0.15, 0.2) is 0 Å². The molecule has 0 radical (unpaired) electrons. The second-order valence-electron chi connectivity index (χ2n) is 8.94. The van der Waals surface area contributed by atoms with Crippen LogP contribution in [0.1, 0.15) is 89.5 Å². The fourth-order valence-electron chi connectivity index (χ4n) is 3.73. The fourth-order valence-corrected chi connectivity index (χ4v) is 3.73. The Morgan fingerprint density at radius 1 is 1.06 bits per heavy atom. The number of carbonyl (C=O) groups excluding carboxylic acids is 2. The van der Waals surface area contributed by atoms with Crippen molar-refractivity contribution in [3.63, 3.8) is 0 Å². The molecule has 196 valence electrons. The van der Waals surface area contributed by atoms with E-state index in [9.17, 15) is 19.5 Å². The molecule has 1 fully saturated rings. The number of carboxylic acid groups (broad SMARTS) is 1. The van der Waals surface area contributed by atoms with Crippen LogP contribution in [-0.2, 0) is 9.59 Å². The Labute approximate surface area is 209 Å². The first-order chi connectivity index (χ1) is 16.8. The first-order valence-electron chi connectivity index (χ1n) is 12.8. The van der Waals surface area contributed by atoms with Crippen molar-refractivity contribution in [2.75, 3.05) is 18.4 Å². The Morgan fingerprint density at radius 3 is 2.37 bits per heavy atom. The number of aliphatic hydroxyl groups is 1. The van der Waals surface area contributed by atoms with E-state index in [0.717, 1.165) is 50.8 Å². The van der Waals surface area contributed by atoms with Crippen LogP contribution >= 0.6 is 0 Å². The monoisotopic (exact) mass is 489 g/mol. The van der Waals surface area contributed by atoms with Crippen molar-refractivity contribution in [3.05, 3.63) is 35.9 Å². The highest BCUT2D eigenvalue weighted by molar-refractivity contribution is 5.91. The minimum Gasteiger partial charge on any atom is -0.481 e. The number of unbranched alkanes of at least 4 members (excludes halogenated alkanes) is 5. The molecule has 1 aromatic carbocycles. The number of hydrogen-bond acceptors (Lipinski definition) is 4. The summed E-state index contributed by atoms with van der Waals surface area (Å²) in [5, 5.41) is 21.4. The van der Waals surface area contributed by atoms with Gasteiger partial charge in [-0.2, -0.15) is 0 Å². The van der Waals surface area contributed by atoms with Gasteiger partial charge in [0.25, 0.3) is 0 Å². The number of carboxylic acids is 1. The lowest BCUT2D eigenvalue weighted by atomic mass is 10.1. The summed E-state index contributed by atoms with van der Waals surface area (Å²) in [6.45, 7) is 3.92. The summed E-state index contributed by atoms with van der Waals surface area (Å²) in [7, 11) is 0. The molecule has 0 spiro atoms. The maximum atomic E-state index is 11.8. The Morgan fingerprint density at radius 2 is 1.74 bits per heavy atom. The summed E-state index contributed by atoms with van der Waals surface area (Å²) in [6.07, 6.45) is 13.9. The molecule has 5 N–H and O–H groups in total. The normalized spacial score (nSPS) is 13.8. The molecule has 0 aliphatic carbocycles. The van der Waals surface area contributed by atoms with Gasteiger partial charge in [0.2, 0.25) is 5.91 Å². The molecule has 1 aliphatic rings. The number of primary amides is 1. The summed E-state index contributed by atoms with van der Waals surface area (Å²) in [5.41, 5.74) is 6.56. The van der Waals surface area contributed by atoms with Crippen molar-refractivity contribution in [3.8, 4) is 0 Å². The molecule has 2 rings (SSSR count). The number of anilines is 1. The number of aliphatic carboxylic acids is 1. The predicted octanol–water partition coefficient (Wildman–Crippen LogP) is 5.17. The Bertz CT molecular complexity index is 791. The summed E-state index contributed by atoms with van der Waals surface area (Å²) in [4.78, 5) is 34.3. The summed E-state index contributed by atoms with van der Waals surface area (Å²) < 4.78 is 0. The number of nitrogens with zero attached hydrogens (tertiary/aromatic N) is 1. The number of amides is 3. The number of carbonyl (C=O) groups is 3. The van der Waals surface area contributed by atoms with Crippen LogP contribution in [0.25, 0.3) is 6.08 Å². The molecule has 0 saturated carbocycles. The molecule has 3 amide bonds. The number of urea groups is 1. The zero-order valence-corrected chi connectivity index (χ0v) is 21.1. The highest BCUT2D eigenvalue weighted by Gasteiger charge is 2.13. The maximum absolute atomic E-state index is 11.8. The molecule has 1 atom stereocenters. The van der Waals surface area contributed by atoms with Crippen LogP contribution in [0.5, 0.6) is 0 Å². The number of benzene rings is 1. The van der Waals surface area contributed by atoms with Gasteiger partial charge in [-0.15, -0.1) is 0 Å². The lowest BCUT2D eigenvalue weighted by molar-refractivity contribution is -0.137. The minimum absolute atomic E-state index is 0.00725. The fraction of sp³-hybridized carbons (Fsp3) is 0.593. The van der Waals surface area contributed by atoms with Crippen molar-refractivity contribution in [1.82, 2.24) is 4.90 Å². The predicted molar refractivity (Wildman–Crippen MR) is 140 cm³/mol. The van der Waals surface area contributed by atoms with Gasteiger partial charge >= 0.3 is 12.0 Å². The number of hydrogen-bond donors (Lipinski definition) is 4. The van der Waals surface area contributed by atoms with Gasteiger partial charge in [0.1, 0.15) is 0 Å². The third-order valence-corrected chi connectivity index (χ3v) is 5.75. The van der Waals surface area contributed by atoms with Gasteiger partial charge in [-0.1, -0.05) is 69.7 Å². The molecule has 1 aromatic rings. The second kappa shape index (κ2) is 18.5. The molecular weight excluding hydrogens is 446 g/mol. The zero-order valence-electron chi connectivity index (χ0n) is 21.1. The third kappa shape index (κ3) is 15.6. The minimum atomic E-state index is -0.894. The number of aliphatic hydroxyl groups excluding tert-OH is 1. The largest absolute Gasteiger partial charge is 0.481 e. The van der Waals surface area contributed by atoms with Crippen LogP contribution < -0.4 is 11.1 Å².